The molecule has 0 aromatic heterocycles. The fourth-order valence-electron chi connectivity index (χ4n) is 1.78. The summed E-state index contributed by atoms with van der Waals surface area (Å²) in [6, 6.07) is 13.4. The lowest BCUT2D eigenvalue weighted by Crippen LogP contribution is -1.94. The van der Waals surface area contributed by atoms with Crippen molar-refractivity contribution in [2.24, 2.45) is 0 Å². The van der Waals surface area contributed by atoms with Gasteiger partial charge in [-0.05, 0) is 46.6 Å². The molecule has 0 fully saturated rings. The Balaban J connectivity index is 0.000000157. The number of hydrogen-bond acceptors (Lipinski definition) is 3. The molecule has 3 rings (SSSR count). The van der Waals surface area contributed by atoms with Crippen molar-refractivity contribution in [2.45, 2.75) is 13.5 Å². The maximum absolute atomic E-state index is 10.5. The Labute approximate surface area is 126 Å². The van der Waals surface area contributed by atoms with Crippen LogP contribution in [0.3, 0.4) is 0 Å². The molecule has 2 aromatic rings. The molecule has 4 heteroatoms. The van der Waals surface area contributed by atoms with Crippen molar-refractivity contribution in [1.82, 2.24) is 0 Å². The number of aldehydes is 1. The summed E-state index contributed by atoms with van der Waals surface area (Å²) in [4.78, 5) is 10.5. The Morgan fingerprint density at radius 1 is 1.30 bits per heavy atom. The lowest BCUT2D eigenvalue weighted by molar-refractivity contribution is 0.112. The molecular weight excluding hydrogens is 320 g/mol. The number of carbonyl (C=O) groups excluding carboxylic acids is 1. The highest BCUT2D eigenvalue weighted by Crippen LogP contribution is 2.27. The summed E-state index contributed by atoms with van der Waals surface area (Å²) < 4.78 is 11.2. The number of hydrogen-bond donors (Lipinski definition) is 0. The average Bonchev–Trinajstić information content (AvgIpc) is 2.81. The summed E-state index contributed by atoms with van der Waals surface area (Å²) in [6.07, 6.45) is 0.798. The molecule has 2 aromatic carbocycles. The number of fused-ring (bicyclic) bond motifs is 2. The lowest BCUT2D eigenvalue weighted by atomic mass is 10.2. The van der Waals surface area contributed by atoms with Crippen LogP contribution >= 0.6 is 15.9 Å². The molecule has 1 aliphatic rings. The minimum atomic E-state index is 0.598. The van der Waals surface area contributed by atoms with E-state index in [4.69, 9.17) is 9.47 Å². The van der Waals surface area contributed by atoms with E-state index in [1.807, 2.05) is 25.1 Å². The second-order valence-corrected chi connectivity index (χ2v) is 4.94. The van der Waals surface area contributed by atoms with Crippen molar-refractivity contribution in [2.75, 3.05) is 6.61 Å². The van der Waals surface area contributed by atoms with E-state index in [9.17, 15) is 4.79 Å². The molecule has 0 amide bonds. The first-order chi connectivity index (χ1) is 9.74. The Morgan fingerprint density at radius 2 is 2.10 bits per heavy atom. The highest BCUT2D eigenvalue weighted by molar-refractivity contribution is 9.10. The van der Waals surface area contributed by atoms with Gasteiger partial charge in [-0.15, -0.1) is 0 Å². The van der Waals surface area contributed by atoms with E-state index >= 15 is 0 Å². The van der Waals surface area contributed by atoms with Gasteiger partial charge in [0.25, 0.3) is 0 Å². The van der Waals surface area contributed by atoms with Crippen LogP contribution in [0.15, 0.2) is 46.9 Å². The van der Waals surface area contributed by atoms with Gasteiger partial charge in [0.1, 0.15) is 18.1 Å². The monoisotopic (exact) mass is 334 g/mol. The van der Waals surface area contributed by atoms with Crippen LogP contribution < -0.4 is 9.47 Å². The molecule has 104 valence electrons. The minimum absolute atomic E-state index is 0.598. The van der Waals surface area contributed by atoms with E-state index in [2.05, 4.69) is 28.1 Å². The molecule has 0 saturated carbocycles. The maximum Gasteiger partial charge on any atom is 0.151 e. The van der Waals surface area contributed by atoms with E-state index in [1.165, 1.54) is 5.56 Å². The van der Waals surface area contributed by atoms with Gasteiger partial charge in [-0.1, -0.05) is 24.3 Å². The smallest absolute Gasteiger partial charge is 0.151 e. The Hall–Kier alpha value is -1.81. The van der Waals surface area contributed by atoms with Crippen LogP contribution in [0.25, 0.3) is 0 Å². The molecule has 1 aliphatic heterocycles. The van der Waals surface area contributed by atoms with Crippen molar-refractivity contribution >= 4 is 22.2 Å². The van der Waals surface area contributed by atoms with Crippen LogP contribution in [0, 0.1) is 0 Å². The fourth-order valence-corrected chi connectivity index (χ4v) is 2.25. The number of halogens is 1. The molecule has 1 heterocycles. The van der Waals surface area contributed by atoms with Gasteiger partial charge >= 0.3 is 0 Å². The minimum Gasteiger partial charge on any atom is -0.493 e. The van der Waals surface area contributed by atoms with Gasteiger partial charge in [0, 0.05) is 5.56 Å². The molecule has 20 heavy (non-hydrogen) atoms. The van der Waals surface area contributed by atoms with Crippen LogP contribution in [0.4, 0.5) is 0 Å². The van der Waals surface area contributed by atoms with Crippen LogP contribution in [0.5, 0.6) is 11.5 Å². The van der Waals surface area contributed by atoms with E-state index in [0.717, 1.165) is 23.1 Å². The zero-order chi connectivity index (χ0) is 14.4. The van der Waals surface area contributed by atoms with E-state index in [1.54, 1.807) is 12.1 Å². The Morgan fingerprint density at radius 3 is 2.75 bits per heavy atom. The zero-order valence-electron chi connectivity index (χ0n) is 11.1. The van der Waals surface area contributed by atoms with Crippen LogP contribution in [-0.4, -0.2) is 12.9 Å². The highest BCUT2D eigenvalue weighted by Gasteiger charge is 2.04. The van der Waals surface area contributed by atoms with Gasteiger partial charge in [0.2, 0.25) is 0 Å². The first-order valence-corrected chi connectivity index (χ1v) is 7.12. The first-order valence-electron chi connectivity index (χ1n) is 6.33. The van der Waals surface area contributed by atoms with Crippen molar-refractivity contribution in [3.05, 3.63) is 58.1 Å². The van der Waals surface area contributed by atoms with E-state index in [0.29, 0.717) is 17.9 Å². The van der Waals surface area contributed by atoms with Crippen molar-refractivity contribution in [3.8, 4) is 11.5 Å². The molecule has 0 spiro atoms. The Bertz CT molecular complexity index is 577. The highest BCUT2D eigenvalue weighted by atomic mass is 79.9. The summed E-state index contributed by atoms with van der Waals surface area (Å²) in [7, 11) is 0. The Kier molecular flexibility index (Phi) is 5.18. The first kappa shape index (κ1) is 14.6. The summed E-state index contributed by atoms with van der Waals surface area (Å²) >= 11 is 3.29. The van der Waals surface area contributed by atoms with Gasteiger partial charge in [0.15, 0.2) is 6.29 Å². The molecular formula is C16H15BrO3. The maximum atomic E-state index is 10.5. The molecule has 0 saturated heterocycles. The average molecular weight is 335 g/mol. The van der Waals surface area contributed by atoms with Gasteiger partial charge in [-0.25, -0.2) is 0 Å². The lowest BCUT2D eigenvalue weighted by Gasteiger charge is -2.05. The number of ether oxygens (including phenoxy) is 2. The zero-order valence-corrected chi connectivity index (χ0v) is 12.7. The second kappa shape index (κ2) is 7.10. The largest absolute Gasteiger partial charge is 0.493 e. The number of rotatable bonds is 3. The topological polar surface area (TPSA) is 35.5 Å². The van der Waals surface area contributed by atoms with Crippen molar-refractivity contribution in [3.63, 3.8) is 0 Å². The molecule has 0 atom stereocenters. The molecule has 0 N–H and O–H groups in total. The summed E-state index contributed by atoms with van der Waals surface area (Å²) in [5.74, 6) is 1.71. The van der Waals surface area contributed by atoms with Gasteiger partial charge in [0.05, 0.1) is 11.1 Å². The number of benzene rings is 2. The third kappa shape index (κ3) is 3.61. The van der Waals surface area contributed by atoms with Crippen molar-refractivity contribution < 1.29 is 14.3 Å². The van der Waals surface area contributed by atoms with E-state index in [-0.39, 0.29) is 0 Å². The summed E-state index contributed by atoms with van der Waals surface area (Å²) in [5.41, 5.74) is 1.89. The SMILES string of the molecule is CCOc1cccc(C=O)c1Br.c1cc2cc(c1)OC2. The van der Waals surface area contributed by atoms with Crippen molar-refractivity contribution in [1.29, 1.82) is 0 Å². The van der Waals surface area contributed by atoms with Gasteiger partial charge in [-0.3, -0.25) is 4.79 Å². The predicted molar refractivity (Wildman–Crippen MR) is 81.5 cm³/mol. The quantitative estimate of drug-likeness (QED) is 0.787. The molecule has 0 radical (unpaired) electrons. The normalized spacial score (nSPS) is 11.1. The third-order valence-corrected chi connectivity index (χ3v) is 3.57. The second-order valence-electron chi connectivity index (χ2n) is 4.15. The van der Waals surface area contributed by atoms with Gasteiger partial charge in [-0.2, -0.15) is 0 Å². The molecule has 0 aliphatic carbocycles. The molecule has 2 bridgehead atoms. The van der Waals surface area contributed by atoms with Crippen LogP contribution in [-0.2, 0) is 6.61 Å². The summed E-state index contributed by atoms with van der Waals surface area (Å²) in [5, 5.41) is 0. The van der Waals surface area contributed by atoms with Crippen LogP contribution in [0.2, 0.25) is 0 Å². The standard InChI is InChI=1S/C9H9BrO2.C7H6O/c1-2-12-8-5-3-4-7(6-11)9(8)10;1-2-6-4-7(3-1)8-5-6/h3-6H,2H2,1H3;1-4H,5H2. The predicted octanol–water partition coefficient (Wildman–Crippen LogP) is 4.24. The van der Waals surface area contributed by atoms with Gasteiger partial charge < -0.3 is 9.47 Å². The third-order valence-electron chi connectivity index (χ3n) is 2.72. The van der Waals surface area contributed by atoms with E-state index < -0.39 is 0 Å². The molecule has 0 unspecified atom stereocenters. The number of carbonyl (C=O) groups is 1. The molecule has 3 nitrogen and oxygen atoms in total. The van der Waals surface area contributed by atoms with Crippen LogP contribution in [0.1, 0.15) is 22.8 Å². The summed E-state index contributed by atoms with van der Waals surface area (Å²) in [6.45, 7) is 3.27. The fraction of sp³-hybridized carbons (Fsp3) is 0.188.